The molecule has 116 valence electrons. The van der Waals surface area contributed by atoms with E-state index in [0.717, 1.165) is 12.8 Å². The van der Waals surface area contributed by atoms with Crippen molar-refractivity contribution >= 4 is 5.97 Å². The molecular weight excluding hydrogens is 248 g/mol. The first kappa shape index (κ1) is 18.9. The molecule has 0 unspecified atom stereocenters. The highest BCUT2D eigenvalue weighted by Crippen LogP contribution is 2.13. The molecule has 2 nitrogen and oxygen atoms in total. The molecule has 0 radical (unpaired) electrons. The summed E-state index contributed by atoms with van der Waals surface area (Å²) in [6, 6.07) is 0. The van der Waals surface area contributed by atoms with Crippen molar-refractivity contribution in [2.24, 2.45) is 0 Å². The maximum absolute atomic E-state index is 11.4. The summed E-state index contributed by atoms with van der Waals surface area (Å²) < 4.78 is 4.94. The number of rotatable bonds is 14. The molecule has 0 spiro atoms. The van der Waals surface area contributed by atoms with Gasteiger partial charge in [0.25, 0.3) is 0 Å². The Labute approximate surface area is 125 Å². The third kappa shape index (κ3) is 12.0. The zero-order valence-corrected chi connectivity index (χ0v) is 13.3. The second kappa shape index (κ2) is 14.4. The molecule has 20 heavy (non-hydrogen) atoms. The molecule has 0 aliphatic rings. The summed E-state index contributed by atoms with van der Waals surface area (Å²) in [6.45, 7) is 9.81. The molecule has 0 aromatic carbocycles. The number of hydrogen-bond acceptors (Lipinski definition) is 2. The number of unbranched alkanes of at least 4 members (excludes halogenated alkanes) is 9. The van der Waals surface area contributed by atoms with Crippen LogP contribution in [-0.2, 0) is 9.53 Å². The number of carbonyl (C=O) groups excluding carboxylic acids is 1. The first-order valence-electron chi connectivity index (χ1n) is 8.18. The lowest BCUT2D eigenvalue weighted by Crippen LogP contribution is -2.06. The monoisotopic (exact) mass is 280 g/mol. The SMILES string of the molecule is C=CCOC(=O)C(=C)CCCCCCCCCCCC. The fourth-order valence-electron chi connectivity index (χ4n) is 2.16. The first-order valence-corrected chi connectivity index (χ1v) is 8.18. The summed E-state index contributed by atoms with van der Waals surface area (Å²) >= 11 is 0. The van der Waals surface area contributed by atoms with Gasteiger partial charge in [-0.15, -0.1) is 0 Å². The summed E-state index contributed by atoms with van der Waals surface area (Å²) in [7, 11) is 0. The lowest BCUT2D eigenvalue weighted by Gasteiger charge is -2.05. The number of carbonyl (C=O) groups is 1. The molecule has 0 aromatic heterocycles. The summed E-state index contributed by atoms with van der Waals surface area (Å²) in [5.41, 5.74) is 0.589. The van der Waals surface area contributed by atoms with Crippen LogP contribution in [-0.4, -0.2) is 12.6 Å². The van der Waals surface area contributed by atoms with Crippen LogP contribution in [0.5, 0.6) is 0 Å². The van der Waals surface area contributed by atoms with E-state index in [1.165, 1.54) is 57.8 Å². The molecule has 0 bridgehead atoms. The van der Waals surface area contributed by atoms with Crippen molar-refractivity contribution in [1.82, 2.24) is 0 Å². The maximum atomic E-state index is 11.4. The van der Waals surface area contributed by atoms with Gasteiger partial charge in [0.1, 0.15) is 6.61 Å². The van der Waals surface area contributed by atoms with Crippen molar-refractivity contribution < 1.29 is 9.53 Å². The molecule has 0 aliphatic carbocycles. The van der Waals surface area contributed by atoms with Crippen LogP contribution >= 0.6 is 0 Å². The van der Waals surface area contributed by atoms with E-state index >= 15 is 0 Å². The normalized spacial score (nSPS) is 10.2. The van der Waals surface area contributed by atoms with Crippen molar-refractivity contribution in [2.45, 2.75) is 77.6 Å². The topological polar surface area (TPSA) is 26.3 Å². The molecule has 0 N–H and O–H groups in total. The van der Waals surface area contributed by atoms with Gasteiger partial charge in [0, 0.05) is 5.57 Å². The molecule has 0 amide bonds. The van der Waals surface area contributed by atoms with Crippen molar-refractivity contribution in [2.75, 3.05) is 6.61 Å². The fraction of sp³-hybridized carbons (Fsp3) is 0.722. The Bertz CT molecular complexity index is 269. The van der Waals surface area contributed by atoms with Crippen LogP contribution in [0.3, 0.4) is 0 Å². The van der Waals surface area contributed by atoms with Gasteiger partial charge in [-0.25, -0.2) is 4.79 Å². The zero-order valence-electron chi connectivity index (χ0n) is 13.3. The van der Waals surface area contributed by atoms with E-state index in [1.807, 2.05) is 0 Å². The van der Waals surface area contributed by atoms with Crippen molar-refractivity contribution in [3.63, 3.8) is 0 Å². The predicted octanol–water partition coefficient (Wildman–Crippen LogP) is 5.58. The molecule has 0 rings (SSSR count). The predicted molar refractivity (Wildman–Crippen MR) is 86.8 cm³/mol. The number of hydrogen-bond donors (Lipinski definition) is 0. The van der Waals surface area contributed by atoms with Gasteiger partial charge in [0.15, 0.2) is 0 Å². The van der Waals surface area contributed by atoms with E-state index < -0.39 is 0 Å². The van der Waals surface area contributed by atoms with Gasteiger partial charge in [-0.05, 0) is 12.8 Å². The molecule has 0 heterocycles. The molecule has 0 aromatic rings. The van der Waals surface area contributed by atoms with Crippen molar-refractivity contribution in [3.05, 3.63) is 24.8 Å². The summed E-state index contributed by atoms with van der Waals surface area (Å²) in [5, 5.41) is 0. The quantitative estimate of drug-likeness (QED) is 0.180. The third-order valence-electron chi connectivity index (χ3n) is 3.45. The fourth-order valence-corrected chi connectivity index (χ4v) is 2.16. The highest BCUT2D eigenvalue weighted by molar-refractivity contribution is 5.87. The van der Waals surface area contributed by atoms with Crippen LogP contribution in [0, 0.1) is 0 Å². The number of esters is 1. The van der Waals surface area contributed by atoms with Gasteiger partial charge < -0.3 is 4.74 Å². The van der Waals surface area contributed by atoms with E-state index in [2.05, 4.69) is 20.1 Å². The largest absolute Gasteiger partial charge is 0.458 e. The summed E-state index contributed by atoms with van der Waals surface area (Å²) in [4.78, 5) is 11.4. The van der Waals surface area contributed by atoms with Gasteiger partial charge in [-0.2, -0.15) is 0 Å². The minimum atomic E-state index is -0.277. The zero-order chi connectivity index (χ0) is 15.1. The second-order valence-electron chi connectivity index (χ2n) is 5.42. The lowest BCUT2D eigenvalue weighted by molar-refractivity contribution is -0.137. The Morgan fingerprint density at radius 2 is 1.45 bits per heavy atom. The Morgan fingerprint density at radius 1 is 0.950 bits per heavy atom. The van der Waals surface area contributed by atoms with Crippen LogP contribution in [0.25, 0.3) is 0 Å². The second-order valence-corrected chi connectivity index (χ2v) is 5.42. The standard InChI is InChI=1S/C18H32O2/c1-4-6-7-8-9-10-11-12-13-14-15-17(3)18(19)20-16-5-2/h5H,2-4,6-16H2,1H3. The first-order chi connectivity index (χ1) is 9.72. The maximum Gasteiger partial charge on any atom is 0.333 e. The van der Waals surface area contributed by atoms with Crippen molar-refractivity contribution in [3.8, 4) is 0 Å². The number of ether oxygens (including phenoxy) is 1. The van der Waals surface area contributed by atoms with E-state index in [1.54, 1.807) is 6.08 Å². The summed E-state index contributed by atoms with van der Waals surface area (Å²) in [5.74, 6) is -0.277. The average molecular weight is 280 g/mol. The molecule has 0 atom stereocenters. The minimum Gasteiger partial charge on any atom is -0.458 e. The average Bonchev–Trinajstić information content (AvgIpc) is 2.46. The highest BCUT2D eigenvalue weighted by Gasteiger charge is 2.06. The van der Waals surface area contributed by atoms with E-state index in [9.17, 15) is 4.79 Å². The van der Waals surface area contributed by atoms with Crippen molar-refractivity contribution in [1.29, 1.82) is 0 Å². The molecule has 0 fully saturated rings. The molecule has 2 heteroatoms. The van der Waals surface area contributed by atoms with Crippen LogP contribution in [0.1, 0.15) is 77.6 Å². The molecule has 0 saturated heterocycles. The van der Waals surface area contributed by atoms with Gasteiger partial charge >= 0.3 is 5.97 Å². The highest BCUT2D eigenvalue weighted by atomic mass is 16.5. The summed E-state index contributed by atoms with van der Waals surface area (Å²) in [6.07, 6.45) is 15.3. The van der Waals surface area contributed by atoms with E-state index in [4.69, 9.17) is 4.74 Å². The third-order valence-corrected chi connectivity index (χ3v) is 3.45. The van der Waals surface area contributed by atoms with Gasteiger partial charge in [-0.3, -0.25) is 0 Å². The van der Waals surface area contributed by atoms with Crippen LogP contribution in [0.2, 0.25) is 0 Å². The van der Waals surface area contributed by atoms with E-state index in [-0.39, 0.29) is 12.6 Å². The van der Waals surface area contributed by atoms with E-state index in [0.29, 0.717) is 5.57 Å². The Balaban J connectivity index is 3.28. The molecule has 0 saturated carbocycles. The van der Waals surface area contributed by atoms with Crippen LogP contribution in [0.4, 0.5) is 0 Å². The lowest BCUT2D eigenvalue weighted by atomic mass is 10.0. The van der Waals surface area contributed by atoms with Gasteiger partial charge in [0.05, 0.1) is 0 Å². The molecule has 0 aliphatic heterocycles. The Morgan fingerprint density at radius 3 is 1.95 bits per heavy atom. The Kier molecular flexibility index (Phi) is 13.6. The smallest absolute Gasteiger partial charge is 0.333 e. The molecular formula is C18H32O2. The minimum absolute atomic E-state index is 0.274. The van der Waals surface area contributed by atoms with Gasteiger partial charge in [0.2, 0.25) is 0 Å². The van der Waals surface area contributed by atoms with Crippen LogP contribution < -0.4 is 0 Å². The van der Waals surface area contributed by atoms with Gasteiger partial charge in [-0.1, -0.05) is 83.9 Å². The van der Waals surface area contributed by atoms with Crippen LogP contribution in [0.15, 0.2) is 24.8 Å². The Hall–Kier alpha value is -1.05.